The average molecular weight is 219 g/mol. The lowest BCUT2D eigenvalue weighted by Crippen LogP contribution is -1.95. The molecule has 0 spiro atoms. The lowest BCUT2D eigenvalue weighted by Gasteiger charge is -1.99. The van der Waals surface area contributed by atoms with Gasteiger partial charge in [0.25, 0.3) is 0 Å². The van der Waals surface area contributed by atoms with Crippen molar-refractivity contribution in [3.8, 4) is 17.2 Å². The summed E-state index contributed by atoms with van der Waals surface area (Å²) in [5.74, 6) is 0.618. The van der Waals surface area contributed by atoms with E-state index in [1.165, 1.54) is 0 Å². The molecule has 1 aromatic carbocycles. The molecule has 0 bridgehead atoms. The van der Waals surface area contributed by atoms with Crippen molar-refractivity contribution in [1.29, 1.82) is 0 Å². The van der Waals surface area contributed by atoms with Gasteiger partial charge in [-0.25, -0.2) is 0 Å². The summed E-state index contributed by atoms with van der Waals surface area (Å²) in [4.78, 5) is 0. The maximum Gasteiger partial charge on any atom is 0.315 e. The Morgan fingerprint density at radius 2 is 2.19 bits per heavy atom. The number of nitrogens with one attached hydrogen (secondary N) is 1. The van der Waals surface area contributed by atoms with Crippen LogP contribution in [0.5, 0.6) is 5.75 Å². The van der Waals surface area contributed by atoms with Crippen LogP contribution in [0.2, 0.25) is 0 Å². The lowest BCUT2D eigenvalue weighted by molar-refractivity contribution is 0.471. The van der Waals surface area contributed by atoms with Crippen molar-refractivity contribution in [2.75, 3.05) is 11.9 Å². The van der Waals surface area contributed by atoms with Gasteiger partial charge in [-0.05, 0) is 31.5 Å². The lowest BCUT2D eigenvalue weighted by atomic mass is 10.1. The molecular weight excluding hydrogens is 206 g/mol. The van der Waals surface area contributed by atoms with Crippen LogP contribution in [0.4, 0.5) is 6.01 Å². The molecule has 0 aliphatic carbocycles. The van der Waals surface area contributed by atoms with Gasteiger partial charge < -0.3 is 14.8 Å². The van der Waals surface area contributed by atoms with Crippen LogP contribution < -0.4 is 5.32 Å². The van der Waals surface area contributed by atoms with Crippen molar-refractivity contribution in [3.63, 3.8) is 0 Å². The fraction of sp³-hybridized carbons (Fsp3) is 0.273. The van der Waals surface area contributed by atoms with E-state index in [1.54, 1.807) is 6.07 Å². The van der Waals surface area contributed by atoms with Crippen molar-refractivity contribution in [1.82, 2.24) is 10.2 Å². The number of hydrogen-bond acceptors (Lipinski definition) is 5. The van der Waals surface area contributed by atoms with Crippen molar-refractivity contribution in [2.24, 2.45) is 0 Å². The maximum absolute atomic E-state index is 9.57. The molecule has 0 saturated carbocycles. The van der Waals surface area contributed by atoms with E-state index in [2.05, 4.69) is 15.5 Å². The summed E-state index contributed by atoms with van der Waals surface area (Å²) in [6, 6.07) is 5.64. The van der Waals surface area contributed by atoms with Crippen LogP contribution in [-0.2, 0) is 0 Å². The number of aromatic nitrogens is 2. The first-order valence-electron chi connectivity index (χ1n) is 5.08. The smallest absolute Gasteiger partial charge is 0.315 e. The van der Waals surface area contributed by atoms with E-state index < -0.39 is 0 Å². The normalized spacial score (nSPS) is 10.4. The first-order valence-corrected chi connectivity index (χ1v) is 5.08. The van der Waals surface area contributed by atoms with Gasteiger partial charge in [0, 0.05) is 12.1 Å². The van der Waals surface area contributed by atoms with Crippen molar-refractivity contribution >= 4 is 6.01 Å². The Morgan fingerprint density at radius 1 is 1.38 bits per heavy atom. The van der Waals surface area contributed by atoms with Crippen LogP contribution in [0.15, 0.2) is 22.6 Å². The molecule has 0 radical (unpaired) electrons. The van der Waals surface area contributed by atoms with Gasteiger partial charge in [0.05, 0.1) is 0 Å². The first kappa shape index (κ1) is 10.5. The fourth-order valence-electron chi connectivity index (χ4n) is 1.30. The molecule has 5 heteroatoms. The molecule has 0 fully saturated rings. The Hall–Kier alpha value is -2.04. The number of rotatable bonds is 3. The number of aryl methyl sites for hydroxylation is 1. The zero-order valence-corrected chi connectivity index (χ0v) is 9.19. The van der Waals surface area contributed by atoms with E-state index in [0.29, 0.717) is 17.5 Å². The number of hydrogen-bond donors (Lipinski definition) is 2. The topological polar surface area (TPSA) is 71.2 Å². The number of anilines is 1. The second-order valence-corrected chi connectivity index (χ2v) is 3.44. The summed E-state index contributed by atoms with van der Waals surface area (Å²) in [6.07, 6.45) is 0. The van der Waals surface area contributed by atoms with Gasteiger partial charge in [0.1, 0.15) is 5.75 Å². The average Bonchev–Trinajstić information content (AvgIpc) is 2.71. The van der Waals surface area contributed by atoms with Crippen molar-refractivity contribution < 1.29 is 9.52 Å². The Morgan fingerprint density at radius 3 is 2.88 bits per heavy atom. The predicted octanol–water partition coefficient (Wildman–Crippen LogP) is 2.18. The quantitative estimate of drug-likeness (QED) is 0.827. The van der Waals surface area contributed by atoms with E-state index in [-0.39, 0.29) is 5.75 Å². The van der Waals surface area contributed by atoms with E-state index >= 15 is 0 Å². The molecule has 0 aliphatic rings. The highest BCUT2D eigenvalue weighted by molar-refractivity contribution is 5.57. The van der Waals surface area contributed by atoms with Crippen LogP contribution in [-0.4, -0.2) is 21.8 Å². The van der Waals surface area contributed by atoms with E-state index in [1.807, 2.05) is 26.0 Å². The van der Waals surface area contributed by atoms with Gasteiger partial charge >= 0.3 is 6.01 Å². The third-order valence-corrected chi connectivity index (χ3v) is 2.21. The predicted molar refractivity (Wildman–Crippen MR) is 60.3 cm³/mol. The van der Waals surface area contributed by atoms with E-state index in [9.17, 15) is 5.11 Å². The minimum absolute atomic E-state index is 0.223. The highest BCUT2D eigenvalue weighted by atomic mass is 16.4. The van der Waals surface area contributed by atoms with Crippen LogP contribution in [0.25, 0.3) is 11.5 Å². The molecule has 2 N–H and O–H groups in total. The highest BCUT2D eigenvalue weighted by Crippen LogP contribution is 2.25. The number of aromatic hydroxyl groups is 1. The minimum Gasteiger partial charge on any atom is -0.508 e. The monoisotopic (exact) mass is 219 g/mol. The SMILES string of the molecule is CCNc1nnc(-c2ccc(C)c(O)c2)o1. The van der Waals surface area contributed by atoms with Gasteiger partial charge in [-0.3, -0.25) is 0 Å². The summed E-state index contributed by atoms with van der Waals surface area (Å²) in [5.41, 5.74) is 1.52. The van der Waals surface area contributed by atoms with Gasteiger partial charge in [-0.15, -0.1) is 5.10 Å². The van der Waals surface area contributed by atoms with Gasteiger partial charge in [0.2, 0.25) is 5.89 Å². The van der Waals surface area contributed by atoms with E-state index in [4.69, 9.17) is 4.42 Å². The number of benzene rings is 1. The Kier molecular flexibility index (Phi) is 2.76. The van der Waals surface area contributed by atoms with Crippen LogP contribution in [0, 0.1) is 6.92 Å². The number of phenols is 1. The van der Waals surface area contributed by atoms with Gasteiger partial charge in [0.15, 0.2) is 0 Å². The van der Waals surface area contributed by atoms with Crippen molar-refractivity contribution in [3.05, 3.63) is 23.8 Å². The Labute approximate surface area is 93.1 Å². The zero-order valence-electron chi connectivity index (χ0n) is 9.19. The molecule has 0 amide bonds. The number of nitrogens with zero attached hydrogens (tertiary/aromatic N) is 2. The molecule has 1 aromatic heterocycles. The van der Waals surface area contributed by atoms with E-state index in [0.717, 1.165) is 12.1 Å². The molecule has 16 heavy (non-hydrogen) atoms. The summed E-state index contributed by atoms with van der Waals surface area (Å²) >= 11 is 0. The highest BCUT2D eigenvalue weighted by Gasteiger charge is 2.09. The maximum atomic E-state index is 9.57. The first-order chi connectivity index (χ1) is 7.70. The summed E-state index contributed by atoms with van der Waals surface area (Å²) in [6.45, 7) is 4.50. The molecule has 2 rings (SSSR count). The molecule has 84 valence electrons. The van der Waals surface area contributed by atoms with Crippen LogP contribution >= 0.6 is 0 Å². The van der Waals surface area contributed by atoms with Gasteiger partial charge in [-0.1, -0.05) is 11.2 Å². The Bertz CT molecular complexity index is 494. The third-order valence-electron chi connectivity index (χ3n) is 2.21. The standard InChI is InChI=1S/C11H13N3O2/c1-3-12-11-14-13-10(16-11)8-5-4-7(2)9(15)6-8/h4-6,15H,3H2,1-2H3,(H,12,14). The zero-order chi connectivity index (χ0) is 11.5. The summed E-state index contributed by atoms with van der Waals surface area (Å²) < 4.78 is 5.36. The fourth-order valence-corrected chi connectivity index (χ4v) is 1.30. The molecule has 0 atom stereocenters. The molecule has 0 aliphatic heterocycles. The second kappa shape index (κ2) is 4.22. The summed E-state index contributed by atoms with van der Waals surface area (Å²) in [5, 5.41) is 20.2. The number of phenolic OH excluding ortho intramolecular Hbond substituents is 1. The molecule has 1 heterocycles. The minimum atomic E-state index is 0.223. The second-order valence-electron chi connectivity index (χ2n) is 3.44. The Balaban J connectivity index is 2.31. The third kappa shape index (κ3) is 1.98. The van der Waals surface area contributed by atoms with Gasteiger partial charge in [-0.2, -0.15) is 0 Å². The molecular formula is C11H13N3O2. The molecule has 5 nitrogen and oxygen atoms in total. The molecule has 2 aromatic rings. The summed E-state index contributed by atoms with van der Waals surface area (Å²) in [7, 11) is 0. The van der Waals surface area contributed by atoms with Crippen LogP contribution in [0.3, 0.4) is 0 Å². The molecule has 0 unspecified atom stereocenters. The van der Waals surface area contributed by atoms with Crippen molar-refractivity contribution in [2.45, 2.75) is 13.8 Å². The largest absolute Gasteiger partial charge is 0.508 e. The van der Waals surface area contributed by atoms with Crippen LogP contribution in [0.1, 0.15) is 12.5 Å². The molecule has 0 saturated heterocycles.